The average molecular weight is 482 g/mol. The van der Waals surface area contributed by atoms with Gasteiger partial charge >= 0.3 is 0 Å². The normalized spacial score (nSPS) is 20.4. The molecule has 1 aliphatic heterocycles. The number of thioether (sulfide) groups is 1. The van der Waals surface area contributed by atoms with E-state index in [9.17, 15) is 13.6 Å². The molecule has 178 valence electrons. The summed E-state index contributed by atoms with van der Waals surface area (Å²) in [6.07, 6.45) is 1.80. The quantitative estimate of drug-likeness (QED) is 0.253. The molecule has 1 fully saturated rings. The number of amides is 1. The highest BCUT2D eigenvalue weighted by molar-refractivity contribution is 7.99. The third kappa shape index (κ3) is 5.03. The summed E-state index contributed by atoms with van der Waals surface area (Å²) in [5, 5.41) is 0. The number of likely N-dealkylation sites (tertiary alicyclic amines) is 1. The molecule has 3 aromatic rings. The zero-order valence-corrected chi connectivity index (χ0v) is 20.2. The van der Waals surface area contributed by atoms with Gasteiger partial charge in [0.1, 0.15) is 17.0 Å². The summed E-state index contributed by atoms with van der Waals surface area (Å²) in [4.78, 5) is 13.9. The van der Waals surface area contributed by atoms with Crippen LogP contribution in [0, 0.1) is 17.6 Å². The molecule has 3 nitrogen and oxygen atoms in total. The number of hydrogen-bond donors (Lipinski definition) is 1. The van der Waals surface area contributed by atoms with Gasteiger partial charge in [-0.3, -0.25) is 4.79 Å². The smallest absolute Gasteiger partial charge is 0.233 e. The van der Waals surface area contributed by atoms with Crippen molar-refractivity contribution < 1.29 is 18.1 Å². The number of carbonyl (C=O) groups is 1. The monoisotopic (exact) mass is 481 g/mol. The van der Waals surface area contributed by atoms with Crippen molar-refractivity contribution in [1.82, 2.24) is 0 Å². The van der Waals surface area contributed by atoms with Crippen LogP contribution in [0.15, 0.2) is 83.8 Å². The summed E-state index contributed by atoms with van der Waals surface area (Å²) in [7, 11) is 2.23. The summed E-state index contributed by atoms with van der Waals surface area (Å²) in [5.41, 5.74) is 7.20. The van der Waals surface area contributed by atoms with Crippen LogP contribution in [0.3, 0.4) is 0 Å². The number of hydrogen-bond acceptors (Lipinski definition) is 2. The van der Waals surface area contributed by atoms with Crippen LogP contribution >= 0.6 is 11.8 Å². The predicted molar refractivity (Wildman–Crippen MR) is 133 cm³/mol. The van der Waals surface area contributed by atoms with Gasteiger partial charge in [0.15, 0.2) is 0 Å². The Hall–Kier alpha value is -2.70. The maximum atomic E-state index is 13.4. The Bertz CT molecular complexity index is 1070. The van der Waals surface area contributed by atoms with Crippen molar-refractivity contribution in [3.05, 3.63) is 102 Å². The van der Waals surface area contributed by atoms with Crippen molar-refractivity contribution in [1.29, 1.82) is 0 Å². The number of quaternary nitrogens is 1. The molecule has 1 aliphatic rings. The molecule has 1 heterocycles. The van der Waals surface area contributed by atoms with E-state index < -0.39 is 17.0 Å². The maximum absolute atomic E-state index is 13.4. The first-order valence-electron chi connectivity index (χ1n) is 11.7. The van der Waals surface area contributed by atoms with E-state index in [1.165, 1.54) is 23.9 Å². The topological polar surface area (TPSA) is 43.1 Å². The van der Waals surface area contributed by atoms with Crippen molar-refractivity contribution >= 4 is 17.7 Å². The lowest BCUT2D eigenvalue weighted by atomic mass is 9.64. The van der Waals surface area contributed by atoms with Gasteiger partial charge in [-0.25, -0.2) is 8.78 Å². The highest BCUT2D eigenvalue weighted by Gasteiger charge is 2.53. The van der Waals surface area contributed by atoms with E-state index in [2.05, 4.69) is 7.05 Å². The van der Waals surface area contributed by atoms with E-state index in [0.29, 0.717) is 4.90 Å². The Kier molecular flexibility index (Phi) is 7.39. The minimum absolute atomic E-state index is 0.0739. The highest BCUT2D eigenvalue weighted by atomic mass is 32.2. The number of nitrogens with zero attached hydrogens (tertiary/aromatic N) is 1. The lowest BCUT2D eigenvalue weighted by Gasteiger charge is -2.38. The van der Waals surface area contributed by atoms with E-state index in [0.717, 1.165) is 59.9 Å². The molecule has 0 saturated carbocycles. The van der Waals surface area contributed by atoms with Crippen molar-refractivity contribution in [2.24, 2.45) is 11.7 Å². The van der Waals surface area contributed by atoms with Gasteiger partial charge in [0.25, 0.3) is 0 Å². The van der Waals surface area contributed by atoms with Gasteiger partial charge in [-0.2, -0.15) is 0 Å². The van der Waals surface area contributed by atoms with Crippen LogP contribution in [0.4, 0.5) is 8.78 Å². The van der Waals surface area contributed by atoms with E-state index in [1.807, 2.05) is 60.7 Å². The molecule has 1 unspecified atom stereocenters. The maximum Gasteiger partial charge on any atom is 0.233 e. The Morgan fingerprint density at radius 3 is 2.09 bits per heavy atom. The average Bonchev–Trinajstić information content (AvgIpc) is 3.20. The van der Waals surface area contributed by atoms with Gasteiger partial charge < -0.3 is 10.2 Å². The van der Waals surface area contributed by atoms with Crippen LogP contribution in [0.25, 0.3) is 0 Å². The minimum atomic E-state index is -0.883. The molecule has 0 spiro atoms. The van der Waals surface area contributed by atoms with Gasteiger partial charge in [0.05, 0.1) is 26.7 Å². The third-order valence-electron chi connectivity index (χ3n) is 7.08. The largest absolute Gasteiger partial charge is 0.369 e. The van der Waals surface area contributed by atoms with Crippen molar-refractivity contribution in [3.63, 3.8) is 0 Å². The fourth-order valence-corrected chi connectivity index (χ4v) is 6.41. The summed E-state index contributed by atoms with van der Waals surface area (Å²) < 4.78 is 27.7. The van der Waals surface area contributed by atoms with E-state index in [1.54, 1.807) is 0 Å². The summed E-state index contributed by atoms with van der Waals surface area (Å²) in [6, 6.07) is 23.4. The number of rotatable bonds is 9. The number of benzene rings is 3. The van der Waals surface area contributed by atoms with Crippen LogP contribution in [0.5, 0.6) is 0 Å². The van der Waals surface area contributed by atoms with Gasteiger partial charge in [-0.15, -0.1) is 11.8 Å². The third-order valence-corrected chi connectivity index (χ3v) is 8.15. The fraction of sp³-hybridized carbons (Fsp3) is 0.321. The Labute approximate surface area is 204 Å². The molecule has 6 heteroatoms. The second kappa shape index (κ2) is 10.3. The molecular weight excluding hydrogens is 450 g/mol. The molecule has 1 amide bonds. The van der Waals surface area contributed by atoms with Crippen molar-refractivity contribution in [3.8, 4) is 0 Å². The van der Waals surface area contributed by atoms with Crippen LogP contribution in [0.1, 0.15) is 24.0 Å². The molecule has 2 N–H and O–H groups in total. The van der Waals surface area contributed by atoms with Crippen LogP contribution in [-0.2, 0) is 10.2 Å². The van der Waals surface area contributed by atoms with E-state index in [4.69, 9.17) is 5.73 Å². The number of halogens is 2. The number of carbonyl (C=O) groups excluding carboxylic acids is 1. The SMILES string of the molecule is C[N@@+]1(CCCSc2cc(F)cc(F)c2)CCC(C(C(N)=O)(c2ccccc2)c2ccccc2)C1. The molecule has 0 radical (unpaired) electrons. The molecule has 4 rings (SSSR count). The number of primary amides is 1. The molecule has 0 bridgehead atoms. The van der Waals surface area contributed by atoms with Crippen LogP contribution in [-0.4, -0.2) is 42.8 Å². The van der Waals surface area contributed by atoms with Gasteiger partial charge in [-0.05, 0) is 23.3 Å². The summed E-state index contributed by atoms with van der Waals surface area (Å²) >= 11 is 1.47. The Morgan fingerprint density at radius 1 is 1.00 bits per heavy atom. The zero-order valence-electron chi connectivity index (χ0n) is 19.4. The van der Waals surface area contributed by atoms with E-state index >= 15 is 0 Å². The minimum Gasteiger partial charge on any atom is -0.369 e. The van der Waals surface area contributed by atoms with Crippen LogP contribution < -0.4 is 5.73 Å². The molecular formula is C28H31F2N2OS+. The van der Waals surface area contributed by atoms with Crippen LogP contribution in [0.2, 0.25) is 0 Å². The lowest BCUT2D eigenvalue weighted by molar-refractivity contribution is -0.899. The molecule has 0 aromatic heterocycles. The van der Waals surface area contributed by atoms with Crippen molar-refractivity contribution in [2.75, 3.05) is 32.4 Å². The molecule has 2 atom stereocenters. The second-order valence-electron chi connectivity index (χ2n) is 9.45. The first kappa shape index (κ1) is 24.4. The summed E-state index contributed by atoms with van der Waals surface area (Å²) in [5.74, 6) is -0.557. The summed E-state index contributed by atoms with van der Waals surface area (Å²) in [6.45, 7) is 2.73. The molecule has 34 heavy (non-hydrogen) atoms. The van der Waals surface area contributed by atoms with Gasteiger partial charge in [0, 0.05) is 35.5 Å². The lowest BCUT2D eigenvalue weighted by Crippen LogP contribution is -2.51. The molecule has 1 saturated heterocycles. The zero-order chi connectivity index (χ0) is 24.2. The van der Waals surface area contributed by atoms with E-state index in [-0.39, 0.29) is 11.8 Å². The first-order chi connectivity index (χ1) is 16.3. The first-order valence-corrected chi connectivity index (χ1v) is 12.7. The standard InChI is InChI=1S/C28H30F2N2OS/c1-32(14-8-16-34-26-18-24(29)17-25(30)19-26)15-13-23(20-32)28(27(31)33,21-9-4-2-5-10-21)22-11-6-3-7-12-22/h2-7,9-12,17-19,23H,8,13-16,20H2,1H3,(H-,31,33)/p+1/t23?,32-/m1/s1. The fourth-order valence-electron chi connectivity index (χ4n) is 5.51. The molecule has 3 aromatic carbocycles. The number of nitrogens with two attached hydrogens (primary N) is 1. The molecule has 0 aliphatic carbocycles. The van der Waals surface area contributed by atoms with Gasteiger partial charge in [0.2, 0.25) is 5.91 Å². The highest BCUT2D eigenvalue weighted by Crippen LogP contribution is 2.45. The Morgan fingerprint density at radius 2 is 1.56 bits per heavy atom. The second-order valence-corrected chi connectivity index (χ2v) is 10.6. The Balaban J connectivity index is 1.51. The van der Waals surface area contributed by atoms with Crippen molar-refractivity contribution in [2.45, 2.75) is 23.2 Å². The van der Waals surface area contributed by atoms with Gasteiger partial charge in [-0.1, -0.05) is 60.7 Å². The predicted octanol–water partition coefficient (Wildman–Crippen LogP) is 5.39.